The molecule has 7 nitrogen and oxygen atoms in total. The Morgan fingerprint density at radius 3 is 2.50 bits per heavy atom. The van der Waals surface area contributed by atoms with E-state index in [1.165, 1.54) is 0 Å². The van der Waals surface area contributed by atoms with E-state index in [9.17, 15) is 14.7 Å². The van der Waals surface area contributed by atoms with E-state index in [-0.39, 0.29) is 23.6 Å². The van der Waals surface area contributed by atoms with Crippen LogP contribution < -0.4 is 10.6 Å². The molecule has 0 saturated carbocycles. The molecule has 0 bridgehead atoms. The van der Waals surface area contributed by atoms with Gasteiger partial charge in [-0.05, 0) is 64.0 Å². The van der Waals surface area contributed by atoms with Crippen molar-refractivity contribution in [3.63, 3.8) is 0 Å². The third-order valence-corrected chi connectivity index (χ3v) is 7.03. The number of H-pyrrole nitrogens is 1. The zero-order chi connectivity index (χ0) is 25.2. The van der Waals surface area contributed by atoms with Gasteiger partial charge in [0, 0.05) is 34.0 Å². The quantitative estimate of drug-likeness (QED) is 0.409. The van der Waals surface area contributed by atoms with E-state index >= 15 is 0 Å². The standard InChI is InChI=1S/C27H35N3O4/c1-9-25(3,4)22-17(12-20-24(32)28-14(2)23(31)30-20)16-10-15-11-21(26(5,6)33)34-27(7,8)18(15)13-19(16)29-22/h9-10,12-14,21,29,33H,1,11H2,2-8H3,(H,28,32)(H,30,31)/b20-12-/t14-,21+/m0/s1. The number of amides is 2. The van der Waals surface area contributed by atoms with Gasteiger partial charge in [0.1, 0.15) is 11.7 Å². The van der Waals surface area contributed by atoms with Crippen molar-refractivity contribution < 1.29 is 19.4 Å². The molecule has 182 valence electrons. The number of fused-ring (bicyclic) bond motifs is 2. The van der Waals surface area contributed by atoms with Crippen LogP contribution in [0.3, 0.4) is 0 Å². The van der Waals surface area contributed by atoms with Gasteiger partial charge in [-0.3, -0.25) is 9.59 Å². The van der Waals surface area contributed by atoms with Crippen molar-refractivity contribution in [3.8, 4) is 0 Å². The van der Waals surface area contributed by atoms with Crippen LogP contribution in [-0.4, -0.2) is 39.7 Å². The molecule has 1 saturated heterocycles. The molecule has 4 N–H and O–H groups in total. The molecule has 0 spiro atoms. The second-order valence-corrected chi connectivity index (χ2v) is 11.1. The molecular formula is C27H35N3O4. The van der Waals surface area contributed by atoms with Crippen LogP contribution in [0, 0.1) is 0 Å². The number of aromatic amines is 1. The number of benzene rings is 1. The van der Waals surface area contributed by atoms with Crippen molar-refractivity contribution in [3.05, 3.63) is 52.9 Å². The summed E-state index contributed by atoms with van der Waals surface area (Å²) in [6.45, 7) is 17.3. The lowest BCUT2D eigenvalue weighted by molar-refractivity contribution is -0.163. The smallest absolute Gasteiger partial charge is 0.268 e. The highest BCUT2D eigenvalue weighted by atomic mass is 16.5. The second-order valence-electron chi connectivity index (χ2n) is 11.1. The number of aliphatic hydroxyl groups is 1. The number of rotatable bonds is 4. The Labute approximate surface area is 200 Å². The number of hydrogen-bond acceptors (Lipinski definition) is 4. The summed E-state index contributed by atoms with van der Waals surface area (Å²) < 4.78 is 6.30. The van der Waals surface area contributed by atoms with Gasteiger partial charge in [0.05, 0.1) is 17.3 Å². The minimum Gasteiger partial charge on any atom is -0.388 e. The summed E-state index contributed by atoms with van der Waals surface area (Å²) in [5, 5.41) is 17.0. The van der Waals surface area contributed by atoms with Crippen LogP contribution in [0.5, 0.6) is 0 Å². The summed E-state index contributed by atoms with van der Waals surface area (Å²) >= 11 is 0. The molecule has 3 heterocycles. The van der Waals surface area contributed by atoms with Crippen LogP contribution in [0.4, 0.5) is 0 Å². The number of hydrogen-bond donors (Lipinski definition) is 4. The fourth-order valence-corrected chi connectivity index (χ4v) is 4.74. The van der Waals surface area contributed by atoms with Crippen LogP contribution in [0.1, 0.15) is 70.9 Å². The van der Waals surface area contributed by atoms with Gasteiger partial charge in [0.15, 0.2) is 0 Å². The Morgan fingerprint density at radius 1 is 1.21 bits per heavy atom. The molecule has 1 fully saturated rings. The van der Waals surface area contributed by atoms with Gasteiger partial charge in [0.2, 0.25) is 5.91 Å². The van der Waals surface area contributed by atoms with E-state index in [2.05, 4.69) is 34.3 Å². The van der Waals surface area contributed by atoms with Crippen LogP contribution in [0.2, 0.25) is 0 Å². The lowest BCUT2D eigenvalue weighted by Crippen LogP contribution is -2.53. The maximum atomic E-state index is 12.6. The van der Waals surface area contributed by atoms with Gasteiger partial charge >= 0.3 is 0 Å². The third-order valence-electron chi connectivity index (χ3n) is 7.03. The molecule has 4 rings (SSSR count). The average molecular weight is 466 g/mol. The Balaban J connectivity index is 1.95. The Hall–Kier alpha value is -2.90. The van der Waals surface area contributed by atoms with Crippen LogP contribution in [-0.2, 0) is 31.8 Å². The predicted molar refractivity (Wildman–Crippen MR) is 133 cm³/mol. The normalized spacial score (nSPS) is 24.1. The van der Waals surface area contributed by atoms with E-state index in [0.717, 1.165) is 33.3 Å². The summed E-state index contributed by atoms with van der Waals surface area (Å²) in [5.41, 5.74) is 2.98. The first-order valence-electron chi connectivity index (χ1n) is 11.7. The topological polar surface area (TPSA) is 103 Å². The number of carbonyl (C=O) groups is 2. The van der Waals surface area contributed by atoms with Gasteiger partial charge in [0.25, 0.3) is 5.91 Å². The molecule has 7 heteroatoms. The number of piperazine rings is 1. The van der Waals surface area contributed by atoms with Gasteiger partial charge in [-0.1, -0.05) is 19.9 Å². The second kappa shape index (κ2) is 7.82. The number of ether oxygens (including phenoxy) is 1. The molecule has 1 aromatic carbocycles. The minimum atomic E-state index is -0.996. The molecule has 0 aliphatic carbocycles. The summed E-state index contributed by atoms with van der Waals surface area (Å²) in [6.07, 6.45) is 3.80. The maximum absolute atomic E-state index is 12.6. The minimum absolute atomic E-state index is 0.209. The first-order valence-corrected chi connectivity index (χ1v) is 11.7. The first-order chi connectivity index (χ1) is 15.6. The highest BCUT2D eigenvalue weighted by Crippen LogP contribution is 2.42. The number of aromatic nitrogens is 1. The number of allylic oxidation sites excluding steroid dienone is 1. The Morgan fingerprint density at radius 2 is 1.88 bits per heavy atom. The van der Waals surface area contributed by atoms with Crippen molar-refractivity contribution in [2.24, 2.45) is 0 Å². The average Bonchev–Trinajstić information content (AvgIpc) is 3.08. The highest BCUT2D eigenvalue weighted by molar-refractivity contribution is 6.08. The lowest BCUT2D eigenvalue weighted by Gasteiger charge is -2.42. The zero-order valence-electron chi connectivity index (χ0n) is 21.1. The van der Waals surface area contributed by atoms with Crippen molar-refractivity contribution in [2.45, 2.75) is 83.6 Å². The Kier molecular flexibility index (Phi) is 5.57. The molecule has 1 aromatic heterocycles. The first kappa shape index (κ1) is 24.2. The lowest BCUT2D eigenvalue weighted by atomic mass is 9.81. The molecule has 0 unspecified atom stereocenters. The molecule has 34 heavy (non-hydrogen) atoms. The summed E-state index contributed by atoms with van der Waals surface area (Å²) in [7, 11) is 0. The molecular weight excluding hydrogens is 430 g/mol. The van der Waals surface area contributed by atoms with Gasteiger partial charge in [-0.2, -0.15) is 0 Å². The molecule has 2 amide bonds. The maximum Gasteiger partial charge on any atom is 0.268 e. The Bertz CT molecular complexity index is 1230. The SMILES string of the molecule is C=CC(C)(C)c1[nH]c2cc3c(cc2c1/C=C1\NC(=O)[C@H](C)NC1=O)C[C@H](C(C)(C)O)OC3(C)C. The van der Waals surface area contributed by atoms with E-state index in [4.69, 9.17) is 4.74 Å². The van der Waals surface area contributed by atoms with Crippen molar-refractivity contribution in [1.82, 2.24) is 15.6 Å². The molecule has 2 aromatic rings. The van der Waals surface area contributed by atoms with Gasteiger partial charge in [-0.25, -0.2) is 0 Å². The number of nitrogens with one attached hydrogen (secondary N) is 3. The van der Waals surface area contributed by atoms with E-state index in [1.54, 1.807) is 26.8 Å². The summed E-state index contributed by atoms with van der Waals surface area (Å²) in [6, 6.07) is 3.63. The fraction of sp³-hybridized carbons (Fsp3) is 0.481. The zero-order valence-corrected chi connectivity index (χ0v) is 21.1. The van der Waals surface area contributed by atoms with Crippen LogP contribution >= 0.6 is 0 Å². The van der Waals surface area contributed by atoms with E-state index in [0.29, 0.717) is 6.42 Å². The van der Waals surface area contributed by atoms with E-state index < -0.39 is 22.7 Å². The van der Waals surface area contributed by atoms with E-state index in [1.807, 2.05) is 33.8 Å². The van der Waals surface area contributed by atoms with Crippen molar-refractivity contribution in [2.75, 3.05) is 0 Å². The highest BCUT2D eigenvalue weighted by Gasteiger charge is 2.40. The summed E-state index contributed by atoms with van der Waals surface area (Å²) in [4.78, 5) is 28.4. The molecule has 2 atom stereocenters. The van der Waals surface area contributed by atoms with Crippen molar-refractivity contribution >= 4 is 28.8 Å². The number of carbonyl (C=O) groups excluding carboxylic acids is 2. The van der Waals surface area contributed by atoms with Crippen molar-refractivity contribution in [1.29, 1.82) is 0 Å². The van der Waals surface area contributed by atoms with Crippen LogP contribution in [0.15, 0.2) is 30.5 Å². The molecule has 2 aliphatic heterocycles. The fourth-order valence-electron chi connectivity index (χ4n) is 4.74. The molecule has 2 aliphatic rings. The summed E-state index contributed by atoms with van der Waals surface area (Å²) in [5.74, 6) is -0.571. The molecule has 0 radical (unpaired) electrons. The van der Waals surface area contributed by atoms with Gasteiger partial charge in [-0.15, -0.1) is 6.58 Å². The third kappa shape index (κ3) is 4.07. The van der Waals surface area contributed by atoms with Gasteiger partial charge < -0.3 is 25.5 Å². The van der Waals surface area contributed by atoms with Crippen LogP contribution in [0.25, 0.3) is 17.0 Å². The predicted octanol–water partition coefficient (Wildman–Crippen LogP) is 3.55. The largest absolute Gasteiger partial charge is 0.388 e. The monoisotopic (exact) mass is 465 g/mol.